The summed E-state index contributed by atoms with van der Waals surface area (Å²) < 4.78 is 5.31. The number of H-pyrrole nitrogens is 1. The summed E-state index contributed by atoms with van der Waals surface area (Å²) in [5, 5.41) is 16.8. The molecule has 10 nitrogen and oxygen atoms in total. The van der Waals surface area contributed by atoms with Crippen molar-refractivity contribution in [2.24, 2.45) is 0 Å². The number of nitrogens with one attached hydrogen (secondary N) is 5. The highest BCUT2D eigenvalue weighted by molar-refractivity contribution is 6.05. The minimum atomic E-state index is -0.602. The maximum atomic E-state index is 13.4. The lowest BCUT2D eigenvalue weighted by atomic mass is 10.0. The van der Waals surface area contributed by atoms with Gasteiger partial charge in [-0.05, 0) is 77.8 Å². The predicted molar refractivity (Wildman–Crippen MR) is 157 cm³/mol. The Morgan fingerprint density at radius 2 is 1.82 bits per heavy atom. The molecule has 3 rings (SSSR count). The fourth-order valence-corrected chi connectivity index (χ4v) is 4.11. The van der Waals surface area contributed by atoms with Gasteiger partial charge >= 0.3 is 6.09 Å². The summed E-state index contributed by atoms with van der Waals surface area (Å²) in [5.41, 5.74) is 3.80. The van der Waals surface area contributed by atoms with E-state index in [9.17, 15) is 14.4 Å². The Bertz CT molecular complexity index is 1470. The molecular formula is C30H38N6O4. The first kappa shape index (κ1) is 30.1. The highest BCUT2D eigenvalue weighted by atomic mass is 16.6. The van der Waals surface area contributed by atoms with Crippen LogP contribution in [-0.2, 0) is 17.8 Å². The van der Waals surface area contributed by atoms with Gasteiger partial charge in [0.15, 0.2) is 0 Å². The standard InChI is InChI=1S/C30H38N6O4/c1-17(2)34-26-23(14-31)22(27(37)32-16-24-18(3)11-19(4)35-28(24)38)13-25(36-26)21-10-8-9-20(12-21)15-33-29(39)40-30(5,6)7/h8-14,17,31H,15-16H2,1-7H3,(H,32,37)(H,33,39)(H,34,36)(H,35,38). The van der Waals surface area contributed by atoms with Crippen LogP contribution in [-0.4, -0.2) is 39.8 Å². The van der Waals surface area contributed by atoms with Crippen molar-refractivity contribution in [2.75, 3.05) is 5.32 Å². The van der Waals surface area contributed by atoms with Crippen LogP contribution >= 0.6 is 0 Å². The van der Waals surface area contributed by atoms with Crippen LogP contribution in [0.3, 0.4) is 0 Å². The fraction of sp³-hybridized carbons (Fsp3) is 0.367. The number of hydrogen-bond donors (Lipinski definition) is 5. The molecule has 1 aromatic carbocycles. The smallest absolute Gasteiger partial charge is 0.407 e. The van der Waals surface area contributed by atoms with E-state index in [1.165, 1.54) is 0 Å². The number of anilines is 1. The molecule has 0 unspecified atom stereocenters. The van der Waals surface area contributed by atoms with Gasteiger partial charge < -0.3 is 31.1 Å². The lowest BCUT2D eigenvalue weighted by Gasteiger charge is -2.20. The number of pyridine rings is 2. The molecule has 5 N–H and O–H groups in total. The third-order valence-electron chi connectivity index (χ3n) is 5.85. The second kappa shape index (κ2) is 12.6. The molecule has 0 bridgehead atoms. The summed E-state index contributed by atoms with van der Waals surface area (Å²) in [6, 6.07) is 10.9. The zero-order valence-electron chi connectivity index (χ0n) is 24.1. The third kappa shape index (κ3) is 8.02. The Morgan fingerprint density at radius 3 is 2.45 bits per heavy atom. The molecule has 0 atom stereocenters. The molecule has 0 aliphatic carbocycles. The van der Waals surface area contributed by atoms with Crippen LogP contribution in [0.1, 0.15) is 72.9 Å². The number of nitrogens with zero attached hydrogens (tertiary/aromatic N) is 1. The number of alkyl carbamates (subject to hydrolysis) is 1. The number of ether oxygens (including phenoxy) is 1. The van der Waals surface area contributed by atoms with E-state index in [2.05, 4.69) is 20.9 Å². The number of carbonyl (C=O) groups is 2. The minimum Gasteiger partial charge on any atom is -0.444 e. The van der Waals surface area contributed by atoms with Crippen molar-refractivity contribution in [3.63, 3.8) is 0 Å². The first-order chi connectivity index (χ1) is 18.8. The van der Waals surface area contributed by atoms with E-state index in [0.29, 0.717) is 22.6 Å². The summed E-state index contributed by atoms with van der Waals surface area (Å²) in [4.78, 5) is 45.5. The molecule has 0 spiro atoms. The minimum absolute atomic E-state index is 0.00418. The highest BCUT2D eigenvalue weighted by Crippen LogP contribution is 2.26. The van der Waals surface area contributed by atoms with Crippen molar-refractivity contribution in [3.05, 3.63) is 80.3 Å². The lowest BCUT2D eigenvalue weighted by Crippen LogP contribution is -2.32. The van der Waals surface area contributed by atoms with Crippen LogP contribution in [0.2, 0.25) is 0 Å². The van der Waals surface area contributed by atoms with Gasteiger partial charge in [-0.15, -0.1) is 0 Å². The van der Waals surface area contributed by atoms with Gasteiger partial charge in [0.2, 0.25) is 0 Å². The van der Waals surface area contributed by atoms with Crippen LogP contribution in [0.15, 0.2) is 41.2 Å². The van der Waals surface area contributed by atoms with Crippen LogP contribution in [0.5, 0.6) is 0 Å². The van der Waals surface area contributed by atoms with Crippen molar-refractivity contribution < 1.29 is 14.3 Å². The maximum Gasteiger partial charge on any atom is 0.407 e. The lowest BCUT2D eigenvalue weighted by molar-refractivity contribution is 0.0523. The molecule has 2 amide bonds. The zero-order valence-corrected chi connectivity index (χ0v) is 24.1. The van der Waals surface area contributed by atoms with Crippen LogP contribution in [0.25, 0.3) is 11.3 Å². The second-order valence-electron chi connectivity index (χ2n) is 10.9. The van der Waals surface area contributed by atoms with E-state index in [4.69, 9.17) is 15.1 Å². The van der Waals surface area contributed by atoms with Crippen LogP contribution in [0.4, 0.5) is 10.6 Å². The summed E-state index contributed by atoms with van der Waals surface area (Å²) in [5.74, 6) is -0.0367. The van der Waals surface area contributed by atoms with E-state index in [0.717, 1.165) is 28.6 Å². The quantitative estimate of drug-likeness (QED) is 0.243. The molecule has 3 aromatic rings. The maximum absolute atomic E-state index is 13.4. The number of aromatic amines is 1. The number of carbonyl (C=O) groups excluding carboxylic acids is 2. The van der Waals surface area contributed by atoms with E-state index in [-0.39, 0.29) is 30.3 Å². The van der Waals surface area contributed by atoms with Gasteiger partial charge in [0.25, 0.3) is 11.5 Å². The summed E-state index contributed by atoms with van der Waals surface area (Å²) in [7, 11) is 0. The molecule has 2 aromatic heterocycles. The fourth-order valence-electron chi connectivity index (χ4n) is 4.11. The van der Waals surface area contributed by atoms with E-state index < -0.39 is 17.6 Å². The first-order valence-electron chi connectivity index (χ1n) is 13.1. The average Bonchev–Trinajstić information content (AvgIpc) is 2.85. The van der Waals surface area contributed by atoms with Crippen molar-refractivity contribution in [1.29, 1.82) is 5.41 Å². The summed E-state index contributed by atoms with van der Waals surface area (Å²) in [6.45, 7) is 13.2. The Morgan fingerprint density at radius 1 is 1.10 bits per heavy atom. The summed E-state index contributed by atoms with van der Waals surface area (Å²) in [6.07, 6.45) is 0.581. The molecular weight excluding hydrogens is 508 g/mol. The topological polar surface area (TPSA) is 149 Å². The molecule has 212 valence electrons. The Kier molecular flexibility index (Phi) is 9.47. The molecule has 0 radical (unpaired) electrons. The normalized spacial score (nSPS) is 11.2. The number of rotatable bonds is 9. The van der Waals surface area contributed by atoms with Crippen molar-refractivity contribution >= 4 is 24.0 Å². The number of hydrogen-bond acceptors (Lipinski definition) is 7. The number of aromatic nitrogens is 2. The number of aryl methyl sites for hydroxylation is 2. The van der Waals surface area contributed by atoms with Crippen molar-refractivity contribution in [2.45, 2.75) is 73.2 Å². The van der Waals surface area contributed by atoms with Crippen molar-refractivity contribution in [3.8, 4) is 11.3 Å². The Hall–Kier alpha value is -4.47. The van der Waals surface area contributed by atoms with Gasteiger partial charge in [-0.3, -0.25) is 9.59 Å². The second-order valence-corrected chi connectivity index (χ2v) is 10.9. The molecule has 0 saturated carbocycles. The van der Waals surface area contributed by atoms with Gasteiger partial charge in [-0.1, -0.05) is 18.2 Å². The third-order valence-corrected chi connectivity index (χ3v) is 5.85. The highest BCUT2D eigenvalue weighted by Gasteiger charge is 2.20. The number of benzene rings is 1. The molecule has 10 heteroatoms. The summed E-state index contributed by atoms with van der Waals surface area (Å²) >= 11 is 0. The van der Waals surface area contributed by atoms with E-state index in [1.54, 1.807) is 33.8 Å². The molecule has 0 aliphatic rings. The largest absolute Gasteiger partial charge is 0.444 e. The van der Waals surface area contributed by atoms with Gasteiger partial charge in [-0.2, -0.15) is 0 Å². The molecule has 2 heterocycles. The average molecular weight is 547 g/mol. The SMILES string of the molecule is Cc1cc(C)c(CNC(=O)c2cc(-c3cccc(CNC(=O)OC(C)(C)C)c3)nc(NC(C)C)c2C=N)c(=O)[nH]1. The monoisotopic (exact) mass is 546 g/mol. The molecule has 0 fully saturated rings. The van der Waals surface area contributed by atoms with Gasteiger partial charge in [0.05, 0.1) is 11.3 Å². The number of amides is 2. The first-order valence-corrected chi connectivity index (χ1v) is 13.1. The zero-order chi connectivity index (χ0) is 29.6. The van der Waals surface area contributed by atoms with Gasteiger partial charge in [0, 0.05) is 47.7 Å². The van der Waals surface area contributed by atoms with Crippen LogP contribution in [0, 0.1) is 19.3 Å². The molecule has 40 heavy (non-hydrogen) atoms. The Labute approximate surface area is 234 Å². The van der Waals surface area contributed by atoms with Crippen molar-refractivity contribution in [1.82, 2.24) is 20.6 Å². The predicted octanol–water partition coefficient (Wildman–Crippen LogP) is 4.83. The Balaban J connectivity index is 1.94. The molecule has 0 aliphatic heterocycles. The van der Waals surface area contributed by atoms with Gasteiger partial charge in [0.1, 0.15) is 11.4 Å². The van der Waals surface area contributed by atoms with E-state index >= 15 is 0 Å². The molecule has 0 saturated heterocycles. The van der Waals surface area contributed by atoms with Gasteiger partial charge in [-0.25, -0.2) is 9.78 Å². The van der Waals surface area contributed by atoms with E-state index in [1.807, 2.05) is 51.1 Å². The van der Waals surface area contributed by atoms with Crippen LogP contribution < -0.4 is 21.5 Å².